The van der Waals surface area contributed by atoms with Gasteiger partial charge in [-0.15, -0.1) is 0 Å². The van der Waals surface area contributed by atoms with Crippen LogP contribution in [0.1, 0.15) is 19.8 Å². The van der Waals surface area contributed by atoms with E-state index in [0.29, 0.717) is 28.5 Å². The van der Waals surface area contributed by atoms with Crippen molar-refractivity contribution in [2.24, 2.45) is 0 Å². The summed E-state index contributed by atoms with van der Waals surface area (Å²) in [6, 6.07) is 5.71. The zero-order valence-corrected chi connectivity index (χ0v) is 12.3. The molecule has 0 bridgehead atoms. The maximum atomic E-state index is 12.5. The Labute approximate surface area is 123 Å². The largest absolute Gasteiger partial charge is 0.299 e. The van der Waals surface area contributed by atoms with E-state index in [1.54, 1.807) is 17.0 Å². The molecule has 0 spiro atoms. The lowest BCUT2D eigenvalue weighted by atomic mass is 10.2. The van der Waals surface area contributed by atoms with Gasteiger partial charge in [0.05, 0.1) is 22.3 Å². The molecule has 1 saturated heterocycles. The molecule has 0 aliphatic carbocycles. The molecule has 4 nitrogen and oxygen atoms in total. The SMILES string of the molecule is CC(Cn1cnc2cccc(Cl)c2c1=O)N1CCCC1. The fourth-order valence-corrected chi connectivity index (χ4v) is 3.12. The maximum Gasteiger partial charge on any atom is 0.262 e. The smallest absolute Gasteiger partial charge is 0.262 e. The van der Waals surface area contributed by atoms with Crippen molar-refractivity contribution < 1.29 is 0 Å². The van der Waals surface area contributed by atoms with Gasteiger partial charge < -0.3 is 0 Å². The summed E-state index contributed by atoms with van der Waals surface area (Å²) in [5, 5.41) is 0.994. The van der Waals surface area contributed by atoms with Crippen molar-refractivity contribution >= 4 is 22.5 Å². The van der Waals surface area contributed by atoms with E-state index in [1.807, 2.05) is 12.1 Å². The van der Waals surface area contributed by atoms with Crippen LogP contribution in [0.3, 0.4) is 0 Å². The molecule has 1 fully saturated rings. The molecule has 1 aromatic heterocycles. The summed E-state index contributed by atoms with van der Waals surface area (Å²) in [5.41, 5.74) is 0.610. The van der Waals surface area contributed by atoms with Crippen molar-refractivity contribution in [2.75, 3.05) is 13.1 Å². The summed E-state index contributed by atoms with van der Waals surface area (Å²) in [5.74, 6) is 0. The molecular formula is C15H18ClN3O. The second-order valence-electron chi connectivity index (χ2n) is 5.43. The highest BCUT2D eigenvalue weighted by Crippen LogP contribution is 2.18. The number of rotatable bonds is 3. The molecular weight excluding hydrogens is 274 g/mol. The average molecular weight is 292 g/mol. The summed E-state index contributed by atoms with van der Waals surface area (Å²) in [6.07, 6.45) is 4.13. The van der Waals surface area contributed by atoms with E-state index in [4.69, 9.17) is 11.6 Å². The lowest BCUT2D eigenvalue weighted by Gasteiger charge is -2.24. The Morgan fingerprint density at radius 1 is 1.35 bits per heavy atom. The minimum Gasteiger partial charge on any atom is -0.299 e. The van der Waals surface area contributed by atoms with Crippen LogP contribution in [0.15, 0.2) is 29.3 Å². The van der Waals surface area contributed by atoms with Gasteiger partial charge in [-0.2, -0.15) is 0 Å². The first kappa shape index (κ1) is 13.6. The number of benzene rings is 1. The van der Waals surface area contributed by atoms with Crippen molar-refractivity contribution in [3.05, 3.63) is 39.9 Å². The highest BCUT2D eigenvalue weighted by molar-refractivity contribution is 6.35. The van der Waals surface area contributed by atoms with Gasteiger partial charge >= 0.3 is 0 Å². The summed E-state index contributed by atoms with van der Waals surface area (Å²) in [6.45, 7) is 5.07. The maximum absolute atomic E-state index is 12.5. The number of likely N-dealkylation sites (tertiary alicyclic amines) is 1. The Morgan fingerprint density at radius 2 is 2.10 bits per heavy atom. The molecule has 3 rings (SSSR count). The zero-order valence-electron chi connectivity index (χ0n) is 11.6. The van der Waals surface area contributed by atoms with Gasteiger partial charge in [-0.3, -0.25) is 14.3 Å². The van der Waals surface area contributed by atoms with Gasteiger partial charge in [0.2, 0.25) is 0 Å². The van der Waals surface area contributed by atoms with Crippen molar-refractivity contribution in [1.82, 2.24) is 14.5 Å². The molecule has 5 heteroatoms. The van der Waals surface area contributed by atoms with Crippen LogP contribution < -0.4 is 5.56 Å². The monoisotopic (exact) mass is 291 g/mol. The van der Waals surface area contributed by atoms with Crippen LogP contribution in [0.5, 0.6) is 0 Å². The number of hydrogen-bond donors (Lipinski definition) is 0. The highest BCUT2D eigenvalue weighted by Gasteiger charge is 2.19. The van der Waals surface area contributed by atoms with Gasteiger partial charge in [0.25, 0.3) is 5.56 Å². The van der Waals surface area contributed by atoms with Crippen LogP contribution in [0.4, 0.5) is 0 Å². The summed E-state index contributed by atoms with van der Waals surface area (Å²) in [7, 11) is 0. The Hall–Kier alpha value is -1.39. The quantitative estimate of drug-likeness (QED) is 0.872. The predicted octanol–water partition coefficient (Wildman–Crippen LogP) is 2.53. The highest BCUT2D eigenvalue weighted by atomic mass is 35.5. The molecule has 106 valence electrons. The first-order valence-corrected chi connectivity index (χ1v) is 7.42. The second kappa shape index (κ2) is 5.54. The topological polar surface area (TPSA) is 38.1 Å². The van der Waals surface area contributed by atoms with Crippen molar-refractivity contribution in [3.63, 3.8) is 0 Å². The Kier molecular flexibility index (Phi) is 3.76. The molecule has 2 heterocycles. The molecule has 1 aliphatic heterocycles. The fourth-order valence-electron chi connectivity index (χ4n) is 2.87. The number of fused-ring (bicyclic) bond motifs is 1. The fraction of sp³-hybridized carbons (Fsp3) is 0.467. The van der Waals surface area contributed by atoms with Crippen molar-refractivity contribution in [3.8, 4) is 0 Å². The molecule has 1 aromatic carbocycles. The van der Waals surface area contributed by atoms with Gasteiger partial charge in [0.15, 0.2) is 0 Å². The summed E-state index contributed by atoms with van der Waals surface area (Å²) in [4.78, 5) is 19.3. The Bertz CT molecular complexity index is 676. The van der Waals surface area contributed by atoms with Crippen molar-refractivity contribution in [2.45, 2.75) is 32.4 Å². The molecule has 0 saturated carbocycles. The summed E-state index contributed by atoms with van der Waals surface area (Å²) < 4.78 is 1.68. The third kappa shape index (κ3) is 2.45. The molecule has 1 unspecified atom stereocenters. The van der Waals surface area contributed by atoms with E-state index in [9.17, 15) is 4.79 Å². The number of halogens is 1. The molecule has 0 radical (unpaired) electrons. The minimum absolute atomic E-state index is 0.0494. The number of aromatic nitrogens is 2. The first-order chi connectivity index (χ1) is 9.66. The molecule has 1 atom stereocenters. The Morgan fingerprint density at radius 3 is 2.85 bits per heavy atom. The van der Waals surface area contributed by atoms with Crippen LogP contribution in [-0.4, -0.2) is 33.6 Å². The van der Waals surface area contributed by atoms with Crippen LogP contribution in [0, 0.1) is 0 Å². The minimum atomic E-state index is -0.0494. The van der Waals surface area contributed by atoms with Gasteiger partial charge in [-0.1, -0.05) is 17.7 Å². The van der Waals surface area contributed by atoms with E-state index >= 15 is 0 Å². The predicted molar refractivity (Wildman–Crippen MR) is 81.3 cm³/mol. The third-order valence-electron chi connectivity index (χ3n) is 4.03. The van der Waals surface area contributed by atoms with E-state index < -0.39 is 0 Å². The van der Waals surface area contributed by atoms with Crippen LogP contribution in [0.2, 0.25) is 5.02 Å². The van der Waals surface area contributed by atoms with Gasteiger partial charge in [0, 0.05) is 12.6 Å². The van der Waals surface area contributed by atoms with E-state index in [1.165, 1.54) is 12.8 Å². The van der Waals surface area contributed by atoms with Crippen LogP contribution in [0.25, 0.3) is 10.9 Å². The standard InChI is InChI=1S/C15H18ClN3O/c1-11(18-7-2-3-8-18)9-19-10-17-13-6-4-5-12(16)14(13)15(19)20/h4-6,10-11H,2-3,7-9H2,1H3. The molecule has 0 N–H and O–H groups in total. The lowest BCUT2D eigenvalue weighted by molar-refractivity contribution is 0.234. The lowest BCUT2D eigenvalue weighted by Crippen LogP contribution is -2.36. The molecule has 0 amide bonds. The Balaban J connectivity index is 1.94. The van der Waals surface area contributed by atoms with E-state index in [2.05, 4.69) is 16.8 Å². The van der Waals surface area contributed by atoms with Crippen LogP contribution >= 0.6 is 11.6 Å². The van der Waals surface area contributed by atoms with E-state index in [-0.39, 0.29) is 5.56 Å². The molecule has 1 aliphatic rings. The summed E-state index contributed by atoms with van der Waals surface area (Å²) >= 11 is 6.13. The third-order valence-corrected chi connectivity index (χ3v) is 4.34. The van der Waals surface area contributed by atoms with E-state index in [0.717, 1.165) is 13.1 Å². The van der Waals surface area contributed by atoms with Gasteiger partial charge in [-0.25, -0.2) is 4.98 Å². The van der Waals surface area contributed by atoms with Gasteiger partial charge in [0.1, 0.15) is 0 Å². The number of hydrogen-bond acceptors (Lipinski definition) is 3. The van der Waals surface area contributed by atoms with Crippen LogP contribution in [-0.2, 0) is 6.54 Å². The average Bonchev–Trinajstić information content (AvgIpc) is 2.96. The zero-order chi connectivity index (χ0) is 14.1. The second-order valence-corrected chi connectivity index (χ2v) is 5.84. The molecule has 20 heavy (non-hydrogen) atoms. The van der Waals surface area contributed by atoms with Gasteiger partial charge in [-0.05, 0) is 45.0 Å². The normalized spacial score (nSPS) is 17.7. The number of nitrogens with zero attached hydrogens (tertiary/aromatic N) is 3. The first-order valence-electron chi connectivity index (χ1n) is 7.04. The van der Waals surface area contributed by atoms with Crippen molar-refractivity contribution in [1.29, 1.82) is 0 Å². The molecule has 2 aromatic rings.